The van der Waals surface area contributed by atoms with Gasteiger partial charge in [-0.2, -0.15) is 5.10 Å². The predicted molar refractivity (Wildman–Crippen MR) is 52.9 cm³/mol. The van der Waals surface area contributed by atoms with Gasteiger partial charge in [0.05, 0.1) is 23.6 Å². The van der Waals surface area contributed by atoms with Gasteiger partial charge in [-0.25, -0.2) is 0 Å². The third-order valence-electron chi connectivity index (χ3n) is 2.74. The number of fused-ring (bicyclic) bond motifs is 1. The Kier molecular flexibility index (Phi) is 2.03. The summed E-state index contributed by atoms with van der Waals surface area (Å²) in [4.78, 5) is 13.3. The maximum absolute atomic E-state index is 11.7. The average Bonchev–Trinajstić information content (AvgIpc) is 2.49. The number of carbonyl (C=O) groups excluding carboxylic acids is 1. The fourth-order valence-corrected chi connectivity index (χ4v) is 1.80. The van der Waals surface area contributed by atoms with Crippen LogP contribution in [0.15, 0.2) is 6.20 Å². The molecule has 0 radical (unpaired) electrons. The molecule has 14 heavy (non-hydrogen) atoms. The summed E-state index contributed by atoms with van der Waals surface area (Å²) >= 11 is 0. The fraction of sp³-hybridized carbons (Fsp3) is 0.556. The van der Waals surface area contributed by atoms with Gasteiger partial charge >= 0.3 is 0 Å². The van der Waals surface area contributed by atoms with Crippen LogP contribution in [0.1, 0.15) is 12.1 Å². The lowest BCUT2D eigenvalue weighted by molar-refractivity contribution is -0.119. The largest absolute Gasteiger partial charge is 0.320 e. The Balaban J connectivity index is 2.45. The summed E-state index contributed by atoms with van der Waals surface area (Å²) in [5.74, 6) is -0.0308. The van der Waals surface area contributed by atoms with Crippen LogP contribution in [0.2, 0.25) is 0 Å². The van der Waals surface area contributed by atoms with Gasteiger partial charge in [0.15, 0.2) is 0 Å². The van der Waals surface area contributed by atoms with Crippen molar-refractivity contribution >= 4 is 11.6 Å². The molecular weight excluding hydrogens is 180 g/mol. The number of carbonyl (C=O) groups is 1. The normalized spacial score (nSPS) is 22.1. The number of hydrogen-bond acceptors (Lipinski definition) is 3. The van der Waals surface area contributed by atoms with Gasteiger partial charge in [0.25, 0.3) is 0 Å². The highest BCUT2D eigenvalue weighted by atomic mass is 16.2. The lowest BCUT2D eigenvalue weighted by atomic mass is 10.1. The summed E-state index contributed by atoms with van der Waals surface area (Å²) in [5, 5.41) is 4.13. The Bertz CT molecular complexity index is 371. The van der Waals surface area contributed by atoms with Gasteiger partial charge in [0.1, 0.15) is 0 Å². The molecule has 0 aromatic carbocycles. The number of hydrogen-bond donors (Lipinski definition) is 1. The monoisotopic (exact) mass is 194 g/mol. The van der Waals surface area contributed by atoms with E-state index >= 15 is 0 Å². The highest BCUT2D eigenvalue weighted by Gasteiger charge is 2.27. The molecule has 1 aromatic heterocycles. The molecule has 1 aliphatic rings. The minimum atomic E-state index is -0.382. The average molecular weight is 194 g/mol. The minimum Gasteiger partial charge on any atom is -0.320 e. The molecule has 1 aromatic rings. The second-order valence-electron chi connectivity index (χ2n) is 3.64. The predicted octanol–water partition coefficient (Wildman–Crippen LogP) is -0.344. The van der Waals surface area contributed by atoms with Crippen molar-refractivity contribution in [2.45, 2.75) is 18.9 Å². The maximum Gasteiger partial charge on any atom is 0.243 e. The first-order chi connectivity index (χ1) is 6.61. The Morgan fingerprint density at radius 1 is 1.57 bits per heavy atom. The molecule has 2 N–H and O–H groups in total. The van der Waals surface area contributed by atoms with Crippen molar-refractivity contribution < 1.29 is 4.79 Å². The van der Waals surface area contributed by atoms with E-state index in [9.17, 15) is 4.79 Å². The van der Waals surface area contributed by atoms with E-state index in [0.717, 1.165) is 17.8 Å². The molecule has 0 unspecified atom stereocenters. The SMILES string of the molecule is CN1C(=O)[C@@H](N)CCc2c1cnn2C. The van der Waals surface area contributed by atoms with E-state index in [1.807, 2.05) is 7.05 Å². The molecule has 2 rings (SSSR count). The molecule has 0 bridgehead atoms. The van der Waals surface area contributed by atoms with Crippen molar-refractivity contribution in [2.24, 2.45) is 12.8 Å². The Labute approximate surface area is 82.5 Å². The van der Waals surface area contributed by atoms with Crippen molar-refractivity contribution in [1.82, 2.24) is 9.78 Å². The molecule has 1 aliphatic heterocycles. The number of nitrogens with two attached hydrogens (primary N) is 1. The molecule has 0 fully saturated rings. The summed E-state index contributed by atoms with van der Waals surface area (Å²) in [6, 6.07) is -0.382. The van der Waals surface area contributed by atoms with Crippen molar-refractivity contribution in [1.29, 1.82) is 0 Å². The molecule has 0 saturated carbocycles. The first kappa shape index (κ1) is 9.21. The molecule has 1 amide bonds. The van der Waals surface area contributed by atoms with E-state index in [0.29, 0.717) is 6.42 Å². The standard InChI is InChI=1S/C9H14N4O/c1-12-8-5-11-13(2)7(8)4-3-6(10)9(12)14/h5-6H,3-4,10H2,1-2H3/t6-/m0/s1. The fourth-order valence-electron chi connectivity index (χ4n) is 1.80. The quantitative estimate of drug-likeness (QED) is 0.614. The molecule has 2 heterocycles. The van der Waals surface area contributed by atoms with Crippen LogP contribution in [0.5, 0.6) is 0 Å². The number of likely N-dealkylation sites (N-methyl/N-ethyl adjacent to an activating group) is 1. The molecule has 0 aliphatic carbocycles. The Hall–Kier alpha value is -1.36. The van der Waals surface area contributed by atoms with Gasteiger partial charge in [-0.05, 0) is 12.8 Å². The lowest BCUT2D eigenvalue weighted by Gasteiger charge is -2.16. The van der Waals surface area contributed by atoms with Crippen LogP contribution in [-0.2, 0) is 18.3 Å². The molecular formula is C9H14N4O. The Morgan fingerprint density at radius 2 is 2.29 bits per heavy atom. The van der Waals surface area contributed by atoms with Gasteiger partial charge in [-0.1, -0.05) is 0 Å². The first-order valence-corrected chi connectivity index (χ1v) is 4.65. The minimum absolute atomic E-state index is 0.0308. The van der Waals surface area contributed by atoms with E-state index in [2.05, 4.69) is 5.10 Å². The maximum atomic E-state index is 11.7. The summed E-state index contributed by atoms with van der Waals surface area (Å²) < 4.78 is 1.80. The second-order valence-corrected chi connectivity index (χ2v) is 3.64. The molecule has 5 heteroatoms. The van der Waals surface area contributed by atoms with Gasteiger partial charge in [-0.3, -0.25) is 9.48 Å². The Morgan fingerprint density at radius 3 is 3.00 bits per heavy atom. The molecule has 5 nitrogen and oxygen atoms in total. The number of rotatable bonds is 0. The van der Waals surface area contributed by atoms with Gasteiger partial charge in [0, 0.05) is 14.1 Å². The van der Waals surface area contributed by atoms with Crippen molar-refractivity contribution in [2.75, 3.05) is 11.9 Å². The van der Waals surface area contributed by atoms with E-state index in [1.54, 1.807) is 22.8 Å². The van der Waals surface area contributed by atoms with Crippen LogP contribution in [0.3, 0.4) is 0 Å². The third-order valence-corrected chi connectivity index (χ3v) is 2.74. The van der Waals surface area contributed by atoms with Gasteiger partial charge in [-0.15, -0.1) is 0 Å². The number of nitrogens with zero attached hydrogens (tertiary/aromatic N) is 3. The summed E-state index contributed by atoms with van der Waals surface area (Å²) in [5.41, 5.74) is 7.69. The number of amides is 1. The van der Waals surface area contributed by atoms with Gasteiger partial charge < -0.3 is 10.6 Å². The number of aryl methyl sites for hydroxylation is 1. The summed E-state index contributed by atoms with van der Waals surface area (Å²) in [6.07, 6.45) is 3.21. The van der Waals surface area contributed by atoms with Crippen molar-refractivity contribution in [3.8, 4) is 0 Å². The van der Waals surface area contributed by atoms with E-state index in [1.165, 1.54) is 0 Å². The summed E-state index contributed by atoms with van der Waals surface area (Å²) in [6.45, 7) is 0. The lowest BCUT2D eigenvalue weighted by Crippen LogP contribution is -2.40. The number of anilines is 1. The van der Waals surface area contributed by atoms with Crippen molar-refractivity contribution in [3.05, 3.63) is 11.9 Å². The van der Waals surface area contributed by atoms with Crippen LogP contribution < -0.4 is 10.6 Å². The zero-order chi connectivity index (χ0) is 10.3. The van der Waals surface area contributed by atoms with E-state index < -0.39 is 0 Å². The highest BCUT2D eigenvalue weighted by Crippen LogP contribution is 2.24. The number of aromatic nitrogens is 2. The molecule has 0 saturated heterocycles. The van der Waals surface area contributed by atoms with Crippen LogP contribution in [0.25, 0.3) is 0 Å². The second kappa shape index (κ2) is 3.09. The molecule has 0 spiro atoms. The van der Waals surface area contributed by atoms with Crippen LogP contribution >= 0.6 is 0 Å². The first-order valence-electron chi connectivity index (χ1n) is 4.65. The van der Waals surface area contributed by atoms with Crippen LogP contribution in [-0.4, -0.2) is 28.8 Å². The summed E-state index contributed by atoms with van der Waals surface area (Å²) in [7, 11) is 3.63. The topological polar surface area (TPSA) is 64.2 Å². The highest BCUT2D eigenvalue weighted by molar-refractivity contribution is 5.97. The molecule has 1 atom stereocenters. The van der Waals surface area contributed by atoms with Gasteiger partial charge in [0.2, 0.25) is 5.91 Å². The zero-order valence-electron chi connectivity index (χ0n) is 8.40. The van der Waals surface area contributed by atoms with Crippen molar-refractivity contribution in [3.63, 3.8) is 0 Å². The van der Waals surface area contributed by atoms with E-state index in [4.69, 9.17) is 5.73 Å². The molecule has 76 valence electrons. The van der Waals surface area contributed by atoms with Crippen LogP contribution in [0.4, 0.5) is 5.69 Å². The van der Waals surface area contributed by atoms with Crippen LogP contribution in [0, 0.1) is 0 Å². The zero-order valence-corrected chi connectivity index (χ0v) is 8.40. The smallest absolute Gasteiger partial charge is 0.243 e. The van der Waals surface area contributed by atoms with E-state index in [-0.39, 0.29) is 11.9 Å². The third kappa shape index (κ3) is 1.21.